The van der Waals surface area contributed by atoms with E-state index in [4.69, 9.17) is 0 Å². The first-order chi connectivity index (χ1) is 18.6. The summed E-state index contributed by atoms with van der Waals surface area (Å²) in [7, 11) is 0. The number of aryl methyl sites for hydroxylation is 2. The van der Waals surface area contributed by atoms with E-state index in [9.17, 15) is 18.0 Å². The molecule has 0 radical (unpaired) electrons. The number of rotatable bonds is 6. The maximum absolute atomic E-state index is 15.0. The van der Waals surface area contributed by atoms with Crippen molar-refractivity contribution in [2.75, 3.05) is 18.0 Å². The second kappa shape index (κ2) is 10.6. The van der Waals surface area contributed by atoms with Gasteiger partial charge < -0.3 is 15.0 Å². The molecule has 3 heterocycles. The first-order valence-corrected chi connectivity index (χ1v) is 12.7. The van der Waals surface area contributed by atoms with Gasteiger partial charge in [0.1, 0.15) is 22.9 Å². The number of amides is 1. The number of halogens is 4. The Morgan fingerprint density at radius 3 is 2.44 bits per heavy atom. The van der Waals surface area contributed by atoms with Crippen molar-refractivity contribution in [2.24, 2.45) is 0 Å². The van der Waals surface area contributed by atoms with Gasteiger partial charge in [0.25, 0.3) is 5.91 Å². The van der Waals surface area contributed by atoms with E-state index in [0.29, 0.717) is 35.7 Å². The largest absolute Gasteiger partial charge is 0.573 e. The number of fused-ring (bicyclic) bond motifs is 1. The van der Waals surface area contributed by atoms with Crippen LogP contribution < -0.4 is 15.0 Å². The molecule has 1 aliphatic rings. The molecule has 1 fully saturated rings. The summed E-state index contributed by atoms with van der Waals surface area (Å²) in [5.41, 5.74) is 4.86. The van der Waals surface area contributed by atoms with Crippen molar-refractivity contribution in [1.29, 1.82) is 0 Å². The van der Waals surface area contributed by atoms with Gasteiger partial charge in [-0.1, -0.05) is 12.1 Å². The van der Waals surface area contributed by atoms with Crippen LogP contribution in [0, 0.1) is 19.7 Å². The van der Waals surface area contributed by atoms with Crippen molar-refractivity contribution in [3.8, 4) is 5.75 Å². The Hall–Kier alpha value is -4.08. The summed E-state index contributed by atoms with van der Waals surface area (Å²) in [4.78, 5) is 19.4. The Bertz CT molecular complexity index is 1490. The van der Waals surface area contributed by atoms with E-state index in [-0.39, 0.29) is 29.9 Å². The Morgan fingerprint density at radius 1 is 1.05 bits per heavy atom. The minimum atomic E-state index is -4.72. The summed E-state index contributed by atoms with van der Waals surface area (Å²) < 4.78 is 57.8. The standard InChI is InChI=1S/C29H28F4N4O2/c1-18-9-14-37-26(15-18)35-19(2)27(37)28(38)34-17-22-4-3-21(16-25(22)30)20-10-12-36(13-11-20)23-5-7-24(8-6-23)39-29(31,32)33/h3-9,14-16,20H,10-13,17H2,1-2H3,(H,34,38). The maximum atomic E-state index is 15.0. The van der Waals surface area contributed by atoms with Crippen LogP contribution in [0.3, 0.4) is 0 Å². The van der Waals surface area contributed by atoms with Crippen LogP contribution in [0.25, 0.3) is 5.65 Å². The van der Waals surface area contributed by atoms with Crippen LogP contribution in [0.4, 0.5) is 23.2 Å². The number of anilines is 1. The van der Waals surface area contributed by atoms with Crippen molar-refractivity contribution < 1.29 is 27.1 Å². The molecular formula is C29H28F4N4O2. The smallest absolute Gasteiger partial charge is 0.406 e. The van der Waals surface area contributed by atoms with Gasteiger partial charge in [0.05, 0.1) is 5.69 Å². The molecule has 0 atom stereocenters. The van der Waals surface area contributed by atoms with E-state index >= 15 is 4.39 Å². The third kappa shape index (κ3) is 6.00. The van der Waals surface area contributed by atoms with Gasteiger partial charge in [0.15, 0.2) is 0 Å². The first-order valence-electron chi connectivity index (χ1n) is 12.7. The molecule has 5 rings (SSSR count). The highest BCUT2D eigenvalue weighted by atomic mass is 19.4. The van der Waals surface area contributed by atoms with Gasteiger partial charge >= 0.3 is 6.36 Å². The van der Waals surface area contributed by atoms with E-state index in [1.54, 1.807) is 35.7 Å². The van der Waals surface area contributed by atoms with Gasteiger partial charge in [-0.3, -0.25) is 9.20 Å². The predicted octanol–water partition coefficient (Wildman–Crippen LogP) is 6.30. The SMILES string of the molecule is Cc1ccn2c(C(=O)NCc3ccc(C4CCN(c5ccc(OC(F)(F)F)cc5)CC4)cc3F)c(C)nc2c1. The van der Waals surface area contributed by atoms with Gasteiger partial charge in [-0.05, 0) is 86.2 Å². The summed E-state index contributed by atoms with van der Waals surface area (Å²) in [6.07, 6.45) is -1.35. The third-order valence-corrected chi connectivity index (χ3v) is 7.09. The lowest BCUT2D eigenvalue weighted by Crippen LogP contribution is -2.32. The van der Waals surface area contributed by atoms with Crippen LogP contribution in [-0.4, -0.2) is 34.7 Å². The molecule has 0 spiro atoms. The quantitative estimate of drug-likeness (QED) is 0.292. The van der Waals surface area contributed by atoms with Crippen LogP contribution in [-0.2, 0) is 6.54 Å². The third-order valence-electron chi connectivity index (χ3n) is 7.09. The van der Waals surface area contributed by atoms with Crippen LogP contribution in [0.5, 0.6) is 5.75 Å². The number of hydrogen-bond donors (Lipinski definition) is 1. The summed E-state index contributed by atoms with van der Waals surface area (Å²) in [5.74, 6) is -0.785. The van der Waals surface area contributed by atoms with Crippen molar-refractivity contribution >= 4 is 17.2 Å². The second-order valence-electron chi connectivity index (χ2n) is 9.81. The minimum absolute atomic E-state index is 0.0516. The normalized spacial score (nSPS) is 14.6. The molecule has 1 aliphatic heterocycles. The van der Waals surface area contributed by atoms with Gasteiger partial charge in [-0.15, -0.1) is 13.2 Å². The number of aromatic nitrogens is 2. The molecule has 39 heavy (non-hydrogen) atoms. The number of pyridine rings is 1. The van der Waals surface area contributed by atoms with Crippen LogP contribution >= 0.6 is 0 Å². The highest BCUT2D eigenvalue weighted by Crippen LogP contribution is 2.32. The van der Waals surface area contributed by atoms with Crippen LogP contribution in [0.2, 0.25) is 0 Å². The van der Waals surface area contributed by atoms with E-state index in [1.165, 1.54) is 18.2 Å². The number of imidazole rings is 1. The lowest BCUT2D eigenvalue weighted by molar-refractivity contribution is -0.274. The second-order valence-corrected chi connectivity index (χ2v) is 9.81. The van der Waals surface area contributed by atoms with E-state index in [2.05, 4.69) is 19.9 Å². The lowest BCUT2D eigenvalue weighted by atomic mass is 9.88. The zero-order valence-electron chi connectivity index (χ0n) is 21.6. The van der Waals surface area contributed by atoms with Crippen molar-refractivity contribution in [3.05, 3.63) is 94.7 Å². The maximum Gasteiger partial charge on any atom is 0.573 e. The molecule has 1 amide bonds. The molecule has 0 bridgehead atoms. The number of hydrogen-bond acceptors (Lipinski definition) is 4. The fraction of sp³-hybridized carbons (Fsp3) is 0.310. The van der Waals surface area contributed by atoms with Crippen molar-refractivity contribution in [1.82, 2.24) is 14.7 Å². The molecule has 4 aromatic rings. The number of carbonyl (C=O) groups excluding carboxylic acids is 1. The molecule has 2 aromatic carbocycles. The molecule has 1 saturated heterocycles. The number of ether oxygens (including phenoxy) is 1. The Balaban J connectivity index is 1.18. The highest BCUT2D eigenvalue weighted by molar-refractivity contribution is 5.94. The number of nitrogens with zero attached hydrogens (tertiary/aromatic N) is 3. The van der Waals surface area contributed by atoms with Gasteiger partial charge in [-0.25, -0.2) is 9.37 Å². The molecule has 204 valence electrons. The molecule has 0 aliphatic carbocycles. The number of piperidine rings is 1. The van der Waals surface area contributed by atoms with Crippen molar-refractivity contribution in [3.63, 3.8) is 0 Å². The average Bonchev–Trinajstić information content (AvgIpc) is 3.22. The topological polar surface area (TPSA) is 58.9 Å². The van der Waals surface area contributed by atoms with E-state index < -0.39 is 6.36 Å². The number of carbonyl (C=O) groups is 1. The van der Waals surface area contributed by atoms with Crippen LogP contribution in [0.1, 0.15) is 51.6 Å². The fourth-order valence-corrected chi connectivity index (χ4v) is 5.09. The predicted molar refractivity (Wildman–Crippen MR) is 140 cm³/mol. The summed E-state index contributed by atoms with van der Waals surface area (Å²) in [6, 6.07) is 14.8. The monoisotopic (exact) mass is 540 g/mol. The van der Waals surface area contributed by atoms with Gasteiger partial charge in [0, 0.05) is 37.1 Å². The number of nitrogens with one attached hydrogen (secondary N) is 1. The highest BCUT2D eigenvalue weighted by Gasteiger charge is 2.31. The first kappa shape index (κ1) is 26.5. The van der Waals surface area contributed by atoms with Crippen LogP contribution in [0.15, 0.2) is 60.8 Å². The molecule has 10 heteroatoms. The molecule has 2 aromatic heterocycles. The summed E-state index contributed by atoms with van der Waals surface area (Å²) >= 11 is 0. The molecule has 6 nitrogen and oxygen atoms in total. The van der Waals surface area contributed by atoms with Crippen molar-refractivity contribution in [2.45, 2.75) is 45.5 Å². The zero-order valence-corrected chi connectivity index (χ0v) is 21.6. The lowest BCUT2D eigenvalue weighted by Gasteiger charge is -2.34. The Kier molecular flexibility index (Phi) is 7.20. The molecule has 0 saturated carbocycles. The Labute approximate surface area is 223 Å². The summed E-state index contributed by atoms with van der Waals surface area (Å²) in [5, 5.41) is 2.81. The summed E-state index contributed by atoms with van der Waals surface area (Å²) in [6.45, 7) is 5.17. The molecule has 0 unspecified atom stereocenters. The zero-order chi connectivity index (χ0) is 27.7. The Morgan fingerprint density at radius 2 is 1.77 bits per heavy atom. The van der Waals surface area contributed by atoms with E-state index in [1.807, 2.05) is 25.1 Å². The van der Waals surface area contributed by atoms with E-state index in [0.717, 1.165) is 29.7 Å². The minimum Gasteiger partial charge on any atom is -0.406 e. The fourth-order valence-electron chi connectivity index (χ4n) is 5.09. The van der Waals surface area contributed by atoms with Gasteiger partial charge in [0.2, 0.25) is 0 Å². The molecule has 1 N–H and O–H groups in total. The molecular weight excluding hydrogens is 512 g/mol. The number of alkyl halides is 3. The average molecular weight is 541 g/mol. The van der Waals surface area contributed by atoms with Gasteiger partial charge in [-0.2, -0.15) is 0 Å². The number of benzene rings is 2.